The number of amidine groups is 1. The van der Waals surface area contributed by atoms with Gasteiger partial charge in [-0.2, -0.15) is 5.10 Å². The molecule has 0 spiro atoms. The largest absolute Gasteiger partial charge is 0.495 e. The van der Waals surface area contributed by atoms with Gasteiger partial charge < -0.3 is 19.7 Å². The second kappa shape index (κ2) is 12.6. The van der Waals surface area contributed by atoms with E-state index < -0.39 is 0 Å². The number of halogens is 1. The highest BCUT2D eigenvalue weighted by Gasteiger charge is 2.32. The van der Waals surface area contributed by atoms with Gasteiger partial charge in [0, 0.05) is 56.6 Å². The summed E-state index contributed by atoms with van der Waals surface area (Å²) in [6, 6.07) is 8.63. The first kappa shape index (κ1) is 26.5. The van der Waals surface area contributed by atoms with Crippen LogP contribution in [0.15, 0.2) is 60.0 Å². The van der Waals surface area contributed by atoms with Crippen LogP contribution < -0.4 is 20.4 Å². The maximum absolute atomic E-state index is 14.3. The Bertz CT molecular complexity index is 1360. The van der Waals surface area contributed by atoms with Crippen molar-refractivity contribution in [2.75, 3.05) is 63.3 Å². The van der Waals surface area contributed by atoms with Crippen molar-refractivity contribution in [1.29, 1.82) is 0 Å². The lowest BCUT2D eigenvalue weighted by atomic mass is 10.0. The lowest BCUT2D eigenvalue weighted by Gasteiger charge is -2.29. The summed E-state index contributed by atoms with van der Waals surface area (Å²) < 4.78 is 25.0. The summed E-state index contributed by atoms with van der Waals surface area (Å²) in [7, 11) is 1.60. The average Bonchev–Trinajstić information content (AvgIpc) is 3.31. The number of hydrogen-bond donors (Lipinski definition) is 2. The molecule has 2 aromatic heterocycles. The van der Waals surface area contributed by atoms with Gasteiger partial charge in [0.1, 0.15) is 17.1 Å². The molecule has 1 fully saturated rings. The molecule has 204 valence electrons. The third-order valence-corrected chi connectivity index (χ3v) is 6.90. The van der Waals surface area contributed by atoms with Crippen molar-refractivity contribution in [2.24, 2.45) is 5.10 Å². The standard InChI is InChI=1S/C28H32FN7O3/c1-38-22-15-25-28(32-16-22)24(7-9-31-25)30-8-3-2-4-27(34-33-19-37)36-18-20(17-35-10-12-39-13-11-35)23-6-5-21(29)14-26(23)36/h2,4-7,9,14-16,19-20H,3,8,10-13,17-18H2,1H3,(H,30,31)(H,33,37)/b4-2-,34-27+. The van der Waals surface area contributed by atoms with Crippen LogP contribution in [0, 0.1) is 5.82 Å². The number of pyridine rings is 2. The van der Waals surface area contributed by atoms with E-state index in [0.717, 1.165) is 60.8 Å². The molecule has 0 saturated carbocycles. The first-order valence-corrected chi connectivity index (χ1v) is 13.0. The van der Waals surface area contributed by atoms with Crippen LogP contribution in [0.4, 0.5) is 15.8 Å². The molecule has 4 heterocycles. The highest BCUT2D eigenvalue weighted by Crippen LogP contribution is 2.38. The molecule has 1 unspecified atom stereocenters. The monoisotopic (exact) mass is 533 g/mol. The maximum atomic E-state index is 14.3. The molecule has 0 aliphatic carbocycles. The predicted molar refractivity (Wildman–Crippen MR) is 149 cm³/mol. The molecule has 11 heteroatoms. The normalized spacial score (nSPS) is 17.9. The molecule has 10 nitrogen and oxygen atoms in total. The van der Waals surface area contributed by atoms with E-state index in [4.69, 9.17) is 9.47 Å². The zero-order valence-corrected chi connectivity index (χ0v) is 21.8. The second-order valence-corrected chi connectivity index (χ2v) is 9.36. The molecule has 3 aromatic rings. The van der Waals surface area contributed by atoms with Gasteiger partial charge >= 0.3 is 0 Å². The maximum Gasteiger partial charge on any atom is 0.227 e. The van der Waals surface area contributed by atoms with Crippen LogP contribution in [0.5, 0.6) is 5.75 Å². The fraction of sp³-hybridized carbons (Fsp3) is 0.357. The Kier molecular flexibility index (Phi) is 8.59. The van der Waals surface area contributed by atoms with E-state index >= 15 is 0 Å². The summed E-state index contributed by atoms with van der Waals surface area (Å²) in [5.41, 5.74) is 6.65. The number of morpholine rings is 1. The Morgan fingerprint density at radius 2 is 2.13 bits per heavy atom. The minimum Gasteiger partial charge on any atom is -0.495 e. The van der Waals surface area contributed by atoms with Gasteiger partial charge in [-0.1, -0.05) is 12.1 Å². The summed E-state index contributed by atoms with van der Waals surface area (Å²) in [5, 5.41) is 7.68. The Morgan fingerprint density at radius 3 is 2.95 bits per heavy atom. The van der Waals surface area contributed by atoms with Crippen molar-refractivity contribution in [3.05, 3.63) is 66.3 Å². The molecular formula is C28H32FN7O3. The third kappa shape index (κ3) is 6.32. The minimum atomic E-state index is -0.308. The highest BCUT2D eigenvalue weighted by atomic mass is 19.1. The van der Waals surface area contributed by atoms with Gasteiger partial charge in [-0.25, -0.2) is 14.8 Å². The first-order chi connectivity index (χ1) is 19.2. The van der Waals surface area contributed by atoms with E-state index in [1.165, 1.54) is 12.1 Å². The van der Waals surface area contributed by atoms with Crippen molar-refractivity contribution in [3.8, 4) is 5.75 Å². The molecular weight excluding hydrogens is 501 g/mol. The van der Waals surface area contributed by atoms with Crippen LogP contribution in [0.3, 0.4) is 0 Å². The lowest BCUT2D eigenvalue weighted by Crippen LogP contribution is -2.40. The summed E-state index contributed by atoms with van der Waals surface area (Å²) in [6.45, 7) is 5.32. The van der Waals surface area contributed by atoms with Gasteiger partial charge in [0.05, 0.1) is 37.7 Å². The summed E-state index contributed by atoms with van der Waals surface area (Å²) in [6.07, 6.45) is 8.45. The Hall–Kier alpha value is -4.09. The number of fused-ring (bicyclic) bond motifs is 2. The SMILES string of the molecule is COc1cnc2c(NCC/C=C\C(=N/NC=O)N3CC(CN4CCOCC4)c4ccc(F)cc43)ccnc2c1. The molecule has 39 heavy (non-hydrogen) atoms. The quantitative estimate of drug-likeness (QED) is 0.135. The molecule has 0 bridgehead atoms. The average molecular weight is 534 g/mol. The molecule has 1 atom stereocenters. The number of nitrogens with zero attached hydrogens (tertiary/aromatic N) is 5. The Morgan fingerprint density at radius 1 is 1.26 bits per heavy atom. The van der Waals surface area contributed by atoms with Crippen LogP contribution >= 0.6 is 0 Å². The van der Waals surface area contributed by atoms with Crippen molar-refractivity contribution < 1.29 is 18.7 Å². The fourth-order valence-corrected chi connectivity index (χ4v) is 5.01. The number of anilines is 2. The van der Waals surface area contributed by atoms with Crippen molar-refractivity contribution in [2.45, 2.75) is 12.3 Å². The zero-order valence-electron chi connectivity index (χ0n) is 21.8. The fourth-order valence-electron chi connectivity index (χ4n) is 5.01. The molecule has 0 radical (unpaired) electrons. The number of ether oxygens (including phenoxy) is 2. The predicted octanol–water partition coefficient (Wildman–Crippen LogP) is 3.13. The van der Waals surface area contributed by atoms with Crippen LogP contribution in [0.1, 0.15) is 17.9 Å². The number of benzene rings is 1. The Labute approximate surface area is 226 Å². The van der Waals surface area contributed by atoms with E-state index in [2.05, 4.69) is 30.7 Å². The van der Waals surface area contributed by atoms with Gasteiger partial charge in [0.15, 0.2) is 5.84 Å². The Balaban J connectivity index is 1.27. The molecule has 1 amide bonds. The number of carbonyl (C=O) groups is 1. The van der Waals surface area contributed by atoms with Crippen molar-refractivity contribution in [1.82, 2.24) is 20.3 Å². The van der Waals surface area contributed by atoms with Gasteiger partial charge in [0.2, 0.25) is 6.41 Å². The van der Waals surface area contributed by atoms with E-state index in [0.29, 0.717) is 37.5 Å². The topological polar surface area (TPSA) is 104 Å². The third-order valence-electron chi connectivity index (χ3n) is 6.90. The van der Waals surface area contributed by atoms with Crippen LogP contribution in [0.2, 0.25) is 0 Å². The van der Waals surface area contributed by atoms with Gasteiger partial charge in [-0.15, -0.1) is 0 Å². The number of carbonyl (C=O) groups excluding carboxylic acids is 1. The zero-order chi connectivity index (χ0) is 27.0. The lowest BCUT2D eigenvalue weighted by molar-refractivity contribution is -0.109. The highest BCUT2D eigenvalue weighted by molar-refractivity contribution is 6.07. The molecule has 2 aliphatic rings. The van der Waals surface area contributed by atoms with Crippen molar-refractivity contribution in [3.63, 3.8) is 0 Å². The number of methoxy groups -OCH3 is 1. The number of hydrazone groups is 1. The molecule has 1 aromatic carbocycles. The van der Waals surface area contributed by atoms with Gasteiger partial charge in [0.25, 0.3) is 0 Å². The smallest absolute Gasteiger partial charge is 0.227 e. The van der Waals surface area contributed by atoms with E-state index in [1.54, 1.807) is 19.5 Å². The molecule has 2 aliphatic heterocycles. The number of rotatable bonds is 10. The number of aromatic nitrogens is 2. The van der Waals surface area contributed by atoms with E-state index in [-0.39, 0.29) is 11.7 Å². The van der Waals surface area contributed by atoms with Crippen LogP contribution in [0.25, 0.3) is 11.0 Å². The van der Waals surface area contributed by atoms with Gasteiger partial charge in [-0.3, -0.25) is 14.7 Å². The molecule has 2 N–H and O–H groups in total. The first-order valence-electron chi connectivity index (χ1n) is 13.0. The van der Waals surface area contributed by atoms with Crippen molar-refractivity contribution >= 4 is 34.7 Å². The van der Waals surface area contributed by atoms with Gasteiger partial charge in [-0.05, 0) is 36.3 Å². The molecule has 5 rings (SSSR count). The summed E-state index contributed by atoms with van der Waals surface area (Å²) in [4.78, 5) is 24.2. The second-order valence-electron chi connectivity index (χ2n) is 9.36. The number of amides is 1. The van der Waals surface area contributed by atoms with Crippen LogP contribution in [-0.2, 0) is 9.53 Å². The summed E-state index contributed by atoms with van der Waals surface area (Å²) >= 11 is 0. The molecule has 1 saturated heterocycles. The van der Waals surface area contributed by atoms with E-state index in [9.17, 15) is 9.18 Å². The number of nitrogens with one attached hydrogen (secondary N) is 2. The summed E-state index contributed by atoms with van der Waals surface area (Å²) in [5.74, 6) is 1.07. The minimum absolute atomic E-state index is 0.182. The number of hydrogen-bond acceptors (Lipinski definition) is 8. The van der Waals surface area contributed by atoms with E-state index in [1.807, 2.05) is 35.3 Å². The van der Waals surface area contributed by atoms with Crippen LogP contribution in [-0.4, -0.2) is 80.2 Å².